The molecule has 0 amide bonds. The van der Waals surface area contributed by atoms with Crippen molar-refractivity contribution < 1.29 is 4.42 Å². The molecule has 0 bridgehead atoms. The molecule has 1 heterocycles. The van der Waals surface area contributed by atoms with Gasteiger partial charge >= 0.3 is 0 Å². The van der Waals surface area contributed by atoms with E-state index in [0.29, 0.717) is 0 Å². The molecule has 58 heavy (non-hydrogen) atoms. The number of para-hydroxylation sites is 2. The van der Waals surface area contributed by atoms with Gasteiger partial charge in [-0.3, -0.25) is 0 Å². The molecule has 0 N–H and O–H groups in total. The SMILES string of the molecule is c1cc(-c2ccc(N(c3ccc(-c4cccc5c4oc4ccccc45)cc3)c3cccc(-c4ccc5ccccc5c4)c3)cc2)cc(-c2ccc3ccccc3c2)c1. The standard InChI is InChI=1S/C56H37NO/c1-3-12-42-35-47(24-22-38(42)10-1)45-15-7-14-44(34-45)40-26-30-49(31-27-40)57(51-17-8-16-46(37-51)48-25-23-39-11-2-4-13-43(39)36-48)50-32-28-41(29-33-50)52-19-9-20-54-53-18-5-6-21-55(53)58-56(52)54/h1-37H. The Morgan fingerprint density at radius 2 is 0.759 bits per heavy atom. The molecule has 0 aliphatic carbocycles. The van der Waals surface area contributed by atoms with Gasteiger partial charge in [0.15, 0.2) is 0 Å². The van der Waals surface area contributed by atoms with Crippen molar-refractivity contribution in [2.24, 2.45) is 0 Å². The summed E-state index contributed by atoms with van der Waals surface area (Å²) in [5.74, 6) is 0. The van der Waals surface area contributed by atoms with Crippen molar-refractivity contribution in [1.82, 2.24) is 0 Å². The van der Waals surface area contributed by atoms with Crippen LogP contribution < -0.4 is 4.90 Å². The van der Waals surface area contributed by atoms with Crippen LogP contribution in [-0.2, 0) is 0 Å². The van der Waals surface area contributed by atoms with E-state index in [-0.39, 0.29) is 0 Å². The van der Waals surface area contributed by atoms with Gasteiger partial charge in [0, 0.05) is 33.4 Å². The van der Waals surface area contributed by atoms with Gasteiger partial charge in [0.05, 0.1) is 0 Å². The summed E-state index contributed by atoms with van der Waals surface area (Å²) in [6, 6.07) is 80.7. The van der Waals surface area contributed by atoms with Crippen LogP contribution in [0.4, 0.5) is 17.1 Å². The second kappa shape index (κ2) is 14.1. The highest BCUT2D eigenvalue weighted by Crippen LogP contribution is 2.41. The third kappa shape index (κ3) is 6.09. The summed E-state index contributed by atoms with van der Waals surface area (Å²) >= 11 is 0. The first kappa shape index (κ1) is 33.6. The molecule has 0 aliphatic heterocycles. The van der Waals surface area contributed by atoms with Gasteiger partial charge in [-0.2, -0.15) is 0 Å². The van der Waals surface area contributed by atoms with E-state index < -0.39 is 0 Å². The molecular weight excluding hydrogens is 703 g/mol. The van der Waals surface area contributed by atoms with E-state index in [1.54, 1.807) is 0 Å². The second-order valence-corrected chi connectivity index (χ2v) is 15.0. The molecule has 0 aliphatic rings. The van der Waals surface area contributed by atoms with E-state index in [2.05, 4.69) is 217 Å². The molecule has 11 rings (SSSR count). The lowest BCUT2D eigenvalue weighted by molar-refractivity contribution is 0.670. The fourth-order valence-corrected chi connectivity index (χ4v) is 8.46. The monoisotopic (exact) mass is 739 g/mol. The van der Waals surface area contributed by atoms with E-state index in [1.807, 2.05) is 12.1 Å². The van der Waals surface area contributed by atoms with E-state index >= 15 is 0 Å². The normalized spacial score (nSPS) is 11.4. The van der Waals surface area contributed by atoms with Crippen LogP contribution in [0.5, 0.6) is 0 Å². The highest BCUT2D eigenvalue weighted by atomic mass is 16.3. The van der Waals surface area contributed by atoms with Crippen molar-refractivity contribution in [3.8, 4) is 44.5 Å². The van der Waals surface area contributed by atoms with Crippen LogP contribution in [0.25, 0.3) is 88.0 Å². The largest absolute Gasteiger partial charge is 0.455 e. The quantitative estimate of drug-likeness (QED) is 0.162. The minimum Gasteiger partial charge on any atom is -0.455 e. The van der Waals surface area contributed by atoms with Gasteiger partial charge in [0.25, 0.3) is 0 Å². The Balaban J connectivity index is 0.981. The van der Waals surface area contributed by atoms with Crippen molar-refractivity contribution >= 4 is 60.5 Å². The van der Waals surface area contributed by atoms with Crippen LogP contribution in [0.2, 0.25) is 0 Å². The van der Waals surface area contributed by atoms with Gasteiger partial charge in [-0.05, 0) is 121 Å². The summed E-state index contributed by atoms with van der Waals surface area (Å²) in [4.78, 5) is 2.35. The van der Waals surface area contributed by atoms with Gasteiger partial charge in [-0.1, -0.05) is 164 Å². The fourth-order valence-electron chi connectivity index (χ4n) is 8.46. The topological polar surface area (TPSA) is 16.4 Å². The zero-order valence-electron chi connectivity index (χ0n) is 31.7. The maximum Gasteiger partial charge on any atom is 0.143 e. The smallest absolute Gasteiger partial charge is 0.143 e. The Labute approximate surface area is 337 Å². The van der Waals surface area contributed by atoms with E-state index in [0.717, 1.165) is 50.1 Å². The number of benzene rings is 10. The second-order valence-electron chi connectivity index (χ2n) is 15.0. The van der Waals surface area contributed by atoms with Crippen molar-refractivity contribution in [3.63, 3.8) is 0 Å². The molecule has 0 spiro atoms. The first-order valence-corrected chi connectivity index (χ1v) is 19.8. The first-order chi connectivity index (χ1) is 28.7. The minimum atomic E-state index is 0.905. The van der Waals surface area contributed by atoms with Crippen LogP contribution >= 0.6 is 0 Å². The zero-order chi connectivity index (χ0) is 38.4. The molecule has 0 unspecified atom stereocenters. The molecule has 1 aromatic heterocycles. The molecule has 272 valence electrons. The van der Waals surface area contributed by atoms with Gasteiger partial charge in [-0.15, -0.1) is 0 Å². The number of rotatable bonds is 7. The summed E-state index contributed by atoms with van der Waals surface area (Å²) in [7, 11) is 0. The van der Waals surface area contributed by atoms with Gasteiger partial charge in [-0.25, -0.2) is 0 Å². The van der Waals surface area contributed by atoms with E-state index in [4.69, 9.17) is 4.42 Å². The summed E-state index contributed by atoms with van der Waals surface area (Å²) < 4.78 is 6.42. The van der Waals surface area contributed by atoms with E-state index in [1.165, 1.54) is 54.9 Å². The molecule has 10 aromatic carbocycles. The number of hydrogen-bond acceptors (Lipinski definition) is 2. The Morgan fingerprint density at radius 3 is 1.43 bits per heavy atom. The number of nitrogens with zero attached hydrogens (tertiary/aromatic N) is 1. The predicted octanol–water partition coefficient (Wildman–Crippen LogP) is 16.0. The lowest BCUT2D eigenvalue weighted by Gasteiger charge is -2.26. The molecule has 11 aromatic rings. The molecular formula is C56H37NO. The Hall–Kier alpha value is -7.68. The molecule has 0 atom stereocenters. The third-order valence-electron chi connectivity index (χ3n) is 11.4. The molecule has 0 saturated carbocycles. The van der Waals surface area contributed by atoms with Crippen LogP contribution in [-0.4, -0.2) is 0 Å². The molecule has 2 heteroatoms. The van der Waals surface area contributed by atoms with Crippen molar-refractivity contribution in [3.05, 3.63) is 224 Å². The van der Waals surface area contributed by atoms with Gasteiger partial charge < -0.3 is 9.32 Å². The average molecular weight is 740 g/mol. The Kier molecular flexibility index (Phi) is 8.19. The lowest BCUT2D eigenvalue weighted by Crippen LogP contribution is -2.10. The predicted molar refractivity (Wildman–Crippen MR) is 245 cm³/mol. The molecule has 0 fully saturated rings. The minimum absolute atomic E-state index is 0.905. The number of anilines is 3. The van der Waals surface area contributed by atoms with Crippen LogP contribution in [0.15, 0.2) is 229 Å². The van der Waals surface area contributed by atoms with Crippen molar-refractivity contribution in [2.75, 3.05) is 4.90 Å². The third-order valence-corrected chi connectivity index (χ3v) is 11.4. The number of hydrogen-bond donors (Lipinski definition) is 0. The highest BCUT2D eigenvalue weighted by Gasteiger charge is 2.17. The molecule has 0 saturated heterocycles. The highest BCUT2D eigenvalue weighted by molar-refractivity contribution is 6.09. The first-order valence-electron chi connectivity index (χ1n) is 19.8. The number of furan rings is 1. The summed E-state index contributed by atoms with van der Waals surface area (Å²) in [6.45, 7) is 0. The van der Waals surface area contributed by atoms with Crippen LogP contribution in [0, 0.1) is 0 Å². The Bertz CT molecular complexity index is 3280. The maximum atomic E-state index is 6.42. The average Bonchev–Trinajstić information content (AvgIpc) is 3.69. The summed E-state index contributed by atoms with van der Waals surface area (Å²) in [5.41, 5.74) is 14.4. The fraction of sp³-hybridized carbons (Fsp3) is 0. The lowest BCUT2D eigenvalue weighted by atomic mass is 9.97. The maximum absolute atomic E-state index is 6.42. The summed E-state index contributed by atoms with van der Waals surface area (Å²) in [5, 5.41) is 7.25. The van der Waals surface area contributed by atoms with Crippen LogP contribution in [0.3, 0.4) is 0 Å². The zero-order valence-corrected chi connectivity index (χ0v) is 31.7. The van der Waals surface area contributed by atoms with Gasteiger partial charge in [0.2, 0.25) is 0 Å². The van der Waals surface area contributed by atoms with Gasteiger partial charge in [0.1, 0.15) is 11.2 Å². The van der Waals surface area contributed by atoms with Crippen LogP contribution in [0.1, 0.15) is 0 Å². The van der Waals surface area contributed by atoms with E-state index in [9.17, 15) is 0 Å². The Morgan fingerprint density at radius 1 is 0.276 bits per heavy atom. The summed E-state index contributed by atoms with van der Waals surface area (Å²) in [6.07, 6.45) is 0. The van der Waals surface area contributed by atoms with Crippen molar-refractivity contribution in [1.29, 1.82) is 0 Å². The molecule has 0 radical (unpaired) electrons. The molecule has 2 nitrogen and oxygen atoms in total. The van der Waals surface area contributed by atoms with Crippen molar-refractivity contribution in [2.45, 2.75) is 0 Å². The number of fused-ring (bicyclic) bond motifs is 5.